The second-order valence-electron chi connectivity index (χ2n) is 7.00. The van der Waals surface area contributed by atoms with Gasteiger partial charge in [0.05, 0.1) is 4.88 Å². The van der Waals surface area contributed by atoms with Gasteiger partial charge in [0.2, 0.25) is 0 Å². The Bertz CT molecular complexity index is 579. The first-order chi connectivity index (χ1) is 9.00. The lowest BCUT2D eigenvalue weighted by molar-refractivity contribution is 0.0912. The molecule has 1 aliphatic rings. The van der Waals surface area contributed by atoms with Crippen molar-refractivity contribution in [3.63, 3.8) is 0 Å². The standard InChI is InChI=1S/C15H21NOS3/c1-14(2)5-8-11(9(17)6-14)10(7-15(3,4)19)20-12(8)13(16)18/h19H,5-7H2,1-4H3,(H2,16,18). The Labute approximate surface area is 135 Å². The van der Waals surface area contributed by atoms with Crippen molar-refractivity contribution >= 4 is 47.0 Å². The normalized spacial score (nSPS) is 17.9. The number of Topliss-reactive ketones (excluding diaryl/α,β-unsaturated/α-hetero) is 1. The molecular formula is C15H21NOS3. The highest BCUT2D eigenvalue weighted by atomic mass is 32.1. The summed E-state index contributed by atoms with van der Waals surface area (Å²) in [5.41, 5.74) is 7.79. The lowest BCUT2D eigenvalue weighted by Gasteiger charge is -2.30. The van der Waals surface area contributed by atoms with E-state index in [9.17, 15) is 4.79 Å². The average Bonchev–Trinajstić information content (AvgIpc) is 2.51. The molecular weight excluding hydrogens is 306 g/mol. The van der Waals surface area contributed by atoms with E-state index in [-0.39, 0.29) is 15.9 Å². The number of carbonyl (C=O) groups excluding carboxylic acids is 1. The first-order valence-electron chi connectivity index (χ1n) is 6.70. The van der Waals surface area contributed by atoms with Gasteiger partial charge in [-0.05, 0) is 23.8 Å². The molecule has 0 atom stereocenters. The smallest absolute Gasteiger partial charge is 0.164 e. The quantitative estimate of drug-likeness (QED) is 0.656. The number of nitrogens with two attached hydrogens (primary N) is 1. The van der Waals surface area contributed by atoms with Gasteiger partial charge >= 0.3 is 0 Å². The average molecular weight is 328 g/mol. The van der Waals surface area contributed by atoms with Gasteiger partial charge in [-0.25, -0.2) is 0 Å². The van der Waals surface area contributed by atoms with E-state index in [1.807, 2.05) is 0 Å². The third-order valence-electron chi connectivity index (χ3n) is 3.47. The Morgan fingerprint density at radius 1 is 1.45 bits per heavy atom. The van der Waals surface area contributed by atoms with Crippen LogP contribution in [0.5, 0.6) is 0 Å². The monoisotopic (exact) mass is 327 g/mol. The Balaban J connectivity index is 2.58. The zero-order chi connectivity index (χ0) is 15.3. The van der Waals surface area contributed by atoms with Gasteiger partial charge in [0.15, 0.2) is 5.78 Å². The Morgan fingerprint density at radius 3 is 2.55 bits per heavy atom. The SMILES string of the molecule is CC(C)(S)Cc1sc(C(N)=S)c2c1C(=O)CC(C)(C)C2. The molecule has 0 aromatic carbocycles. The van der Waals surface area contributed by atoms with Gasteiger partial charge in [0.1, 0.15) is 4.99 Å². The maximum atomic E-state index is 12.5. The zero-order valence-electron chi connectivity index (χ0n) is 12.4. The molecule has 0 saturated heterocycles. The summed E-state index contributed by atoms with van der Waals surface area (Å²) in [5, 5.41) is 0. The van der Waals surface area contributed by atoms with Crippen LogP contribution in [-0.4, -0.2) is 15.5 Å². The molecule has 2 rings (SSSR count). The van der Waals surface area contributed by atoms with Crippen LogP contribution in [0.2, 0.25) is 0 Å². The molecule has 20 heavy (non-hydrogen) atoms. The first-order valence-corrected chi connectivity index (χ1v) is 8.37. The van der Waals surface area contributed by atoms with E-state index in [1.54, 1.807) is 11.3 Å². The molecule has 0 fully saturated rings. The van der Waals surface area contributed by atoms with E-state index >= 15 is 0 Å². The van der Waals surface area contributed by atoms with Crippen molar-refractivity contribution in [2.75, 3.05) is 0 Å². The molecule has 0 aliphatic heterocycles. The summed E-state index contributed by atoms with van der Waals surface area (Å²) in [6.07, 6.45) is 2.22. The highest BCUT2D eigenvalue weighted by molar-refractivity contribution is 7.81. The van der Waals surface area contributed by atoms with Crippen LogP contribution in [0.1, 0.15) is 59.8 Å². The second-order valence-corrected chi connectivity index (χ2v) is 9.76. The molecule has 1 aliphatic carbocycles. The van der Waals surface area contributed by atoms with E-state index in [4.69, 9.17) is 18.0 Å². The number of hydrogen-bond donors (Lipinski definition) is 2. The minimum absolute atomic E-state index is 0.0154. The number of ketones is 1. The van der Waals surface area contributed by atoms with Crippen molar-refractivity contribution in [2.45, 2.75) is 51.7 Å². The fraction of sp³-hybridized carbons (Fsp3) is 0.600. The Morgan fingerprint density at radius 2 is 2.05 bits per heavy atom. The molecule has 2 N–H and O–H groups in total. The predicted molar refractivity (Wildman–Crippen MR) is 93.4 cm³/mol. The van der Waals surface area contributed by atoms with Crippen LogP contribution in [0.15, 0.2) is 0 Å². The first kappa shape index (κ1) is 16.0. The van der Waals surface area contributed by atoms with E-state index in [0.717, 1.165) is 33.7 Å². The zero-order valence-corrected chi connectivity index (χ0v) is 14.9. The molecule has 110 valence electrons. The van der Waals surface area contributed by atoms with E-state index in [2.05, 4.69) is 40.3 Å². The second kappa shape index (κ2) is 5.11. The molecule has 0 unspecified atom stereocenters. The number of rotatable bonds is 3. The fourth-order valence-corrected chi connectivity index (χ4v) is 4.72. The summed E-state index contributed by atoms with van der Waals surface area (Å²) >= 11 is 11.3. The molecule has 0 radical (unpaired) electrons. The van der Waals surface area contributed by atoms with Crippen molar-refractivity contribution in [3.8, 4) is 0 Å². The van der Waals surface area contributed by atoms with Crippen LogP contribution in [0.4, 0.5) is 0 Å². The topological polar surface area (TPSA) is 43.1 Å². The predicted octanol–water partition coefficient (Wildman–Crippen LogP) is 3.79. The summed E-state index contributed by atoms with van der Waals surface area (Å²) < 4.78 is -0.153. The van der Waals surface area contributed by atoms with Crippen LogP contribution in [0.25, 0.3) is 0 Å². The molecule has 0 amide bonds. The number of fused-ring (bicyclic) bond motifs is 1. The summed E-state index contributed by atoms with van der Waals surface area (Å²) in [7, 11) is 0. The number of thiocarbonyl (C=S) groups is 1. The molecule has 0 bridgehead atoms. The third kappa shape index (κ3) is 3.26. The Kier molecular flexibility index (Phi) is 4.08. The maximum absolute atomic E-state index is 12.5. The van der Waals surface area contributed by atoms with Crippen molar-refractivity contribution in [1.29, 1.82) is 0 Å². The van der Waals surface area contributed by atoms with Gasteiger partial charge in [0.25, 0.3) is 0 Å². The summed E-state index contributed by atoms with van der Waals surface area (Å²) in [4.78, 5) is 15.0. The fourth-order valence-electron chi connectivity index (χ4n) is 2.79. The van der Waals surface area contributed by atoms with E-state index < -0.39 is 0 Å². The minimum atomic E-state index is -0.153. The highest BCUT2D eigenvalue weighted by Crippen LogP contribution is 2.42. The summed E-state index contributed by atoms with van der Waals surface area (Å²) in [6, 6.07) is 0. The van der Waals surface area contributed by atoms with Crippen molar-refractivity contribution in [2.24, 2.45) is 11.1 Å². The maximum Gasteiger partial charge on any atom is 0.164 e. The van der Waals surface area contributed by atoms with Gasteiger partial charge in [0, 0.05) is 21.6 Å². The van der Waals surface area contributed by atoms with Gasteiger partial charge in [-0.2, -0.15) is 12.6 Å². The molecule has 0 saturated carbocycles. The number of hydrogen-bond acceptors (Lipinski definition) is 4. The number of thiol groups is 1. The van der Waals surface area contributed by atoms with Gasteiger partial charge < -0.3 is 5.73 Å². The summed E-state index contributed by atoms with van der Waals surface area (Å²) in [5.74, 6) is 0.225. The lowest BCUT2D eigenvalue weighted by Crippen LogP contribution is -2.28. The van der Waals surface area contributed by atoms with E-state index in [0.29, 0.717) is 11.4 Å². The largest absolute Gasteiger partial charge is 0.389 e. The highest BCUT2D eigenvalue weighted by Gasteiger charge is 2.37. The van der Waals surface area contributed by atoms with Crippen LogP contribution < -0.4 is 5.73 Å². The van der Waals surface area contributed by atoms with Crippen LogP contribution in [0, 0.1) is 5.41 Å². The third-order valence-corrected chi connectivity index (χ3v) is 5.23. The molecule has 2 nitrogen and oxygen atoms in total. The molecule has 1 aromatic rings. The minimum Gasteiger partial charge on any atom is -0.389 e. The van der Waals surface area contributed by atoms with Crippen LogP contribution in [0.3, 0.4) is 0 Å². The molecule has 1 heterocycles. The lowest BCUT2D eigenvalue weighted by atomic mass is 9.73. The summed E-state index contributed by atoms with van der Waals surface area (Å²) in [6.45, 7) is 8.36. The molecule has 5 heteroatoms. The van der Waals surface area contributed by atoms with Crippen molar-refractivity contribution in [3.05, 3.63) is 20.9 Å². The van der Waals surface area contributed by atoms with Gasteiger partial charge in [-0.3, -0.25) is 4.79 Å². The molecule has 0 spiro atoms. The number of carbonyl (C=O) groups is 1. The number of thiophene rings is 1. The van der Waals surface area contributed by atoms with Crippen LogP contribution >= 0.6 is 36.2 Å². The van der Waals surface area contributed by atoms with Gasteiger partial charge in [-0.15, -0.1) is 11.3 Å². The molecule has 1 aromatic heterocycles. The van der Waals surface area contributed by atoms with Gasteiger partial charge in [-0.1, -0.05) is 39.9 Å². The van der Waals surface area contributed by atoms with E-state index in [1.165, 1.54) is 0 Å². The van der Waals surface area contributed by atoms with Crippen molar-refractivity contribution in [1.82, 2.24) is 0 Å². The Hall–Kier alpha value is -0.390. The van der Waals surface area contributed by atoms with Crippen LogP contribution in [-0.2, 0) is 12.8 Å². The van der Waals surface area contributed by atoms with Crippen molar-refractivity contribution < 1.29 is 4.79 Å².